The van der Waals surface area contributed by atoms with E-state index in [0.717, 1.165) is 10.0 Å². The number of hydrogen-bond donors (Lipinski definition) is 1. The first kappa shape index (κ1) is 8.27. The van der Waals surface area contributed by atoms with E-state index in [-0.39, 0.29) is 0 Å². The molecule has 3 heteroatoms. The molecular formula is C8H8BrNO. The van der Waals surface area contributed by atoms with Crippen LogP contribution in [0.4, 0.5) is 0 Å². The highest BCUT2D eigenvalue weighted by Gasteiger charge is 1.95. The Hall–Kier alpha value is -0.830. The number of hydrogen-bond acceptors (Lipinski definition) is 2. The van der Waals surface area contributed by atoms with E-state index in [9.17, 15) is 0 Å². The molecule has 2 nitrogen and oxygen atoms in total. The minimum Gasteiger partial charge on any atom is -0.411 e. The largest absolute Gasteiger partial charge is 0.411 e. The summed E-state index contributed by atoms with van der Waals surface area (Å²) in [5, 5.41) is 11.5. The number of benzene rings is 1. The molecule has 1 N–H and O–H groups in total. The Balaban J connectivity index is 2.99. The molecule has 0 aliphatic rings. The maximum Gasteiger partial charge on any atom is 0.0836 e. The van der Waals surface area contributed by atoms with E-state index < -0.39 is 0 Å². The van der Waals surface area contributed by atoms with E-state index in [0.29, 0.717) is 5.71 Å². The molecule has 0 radical (unpaired) electrons. The van der Waals surface area contributed by atoms with E-state index in [1.807, 2.05) is 24.3 Å². The van der Waals surface area contributed by atoms with E-state index in [1.54, 1.807) is 6.92 Å². The lowest BCUT2D eigenvalue weighted by atomic mass is 10.1. The molecule has 11 heavy (non-hydrogen) atoms. The van der Waals surface area contributed by atoms with Crippen LogP contribution in [0, 0.1) is 0 Å². The second kappa shape index (κ2) is 3.53. The van der Waals surface area contributed by atoms with E-state index in [4.69, 9.17) is 5.21 Å². The predicted octanol–water partition coefficient (Wildman–Crippen LogP) is 2.65. The lowest BCUT2D eigenvalue weighted by Crippen LogP contribution is -1.92. The van der Waals surface area contributed by atoms with Crippen LogP contribution < -0.4 is 0 Å². The molecule has 0 spiro atoms. The Morgan fingerprint density at radius 1 is 1.36 bits per heavy atom. The molecule has 0 bridgehead atoms. The number of rotatable bonds is 1. The predicted molar refractivity (Wildman–Crippen MR) is 48.1 cm³/mol. The van der Waals surface area contributed by atoms with Crippen molar-refractivity contribution in [3.8, 4) is 0 Å². The fourth-order valence-corrected chi connectivity index (χ4v) is 1.01. The molecule has 58 valence electrons. The quantitative estimate of drug-likeness (QED) is 0.435. The van der Waals surface area contributed by atoms with E-state index in [2.05, 4.69) is 21.1 Å². The highest BCUT2D eigenvalue weighted by Crippen LogP contribution is 2.10. The number of nitrogens with zero attached hydrogens (tertiary/aromatic N) is 1. The van der Waals surface area contributed by atoms with Gasteiger partial charge in [-0.1, -0.05) is 33.2 Å². The summed E-state index contributed by atoms with van der Waals surface area (Å²) in [6.45, 7) is 1.75. The zero-order valence-electron chi connectivity index (χ0n) is 6.08. The van der Waals surface area contributed by atoms with Crippen molar-refractivity contribution in [2.45, 2.75) is 6.92 Å². The Morgan fingerprint density at radius 3 is 2.36 bits per heavy atom. The average Bonchev–Trinajstić information content (AvgIpc) is 2.05. The number of oxime groups is 1. The van der Waals surface area contributed by atoms with Gasteiger partial charge in [0.05, 0.1) is 5.71 Å². The summed E-state index contributed by atoms with van der Waals surface area (Å²) < 4.78 is 1.02. The third kappa shape index (κ3) is 2.05. The first-order chi connectivity index (χ1) is 5.24. The van der Waals surface area contributed by atoms with E-state index in [1.165, 1.54) is 0 Å². The van der Waals surface area contributed by atoms with Crippen molar-refractivity contribution in [2.24, 2.45) is 5.16 Å². The molecule has 0 fully saturated rings. The van der Waals surface area contributed by atoms with Gasteiger partial charge >= 0.3 is 0 Å². The lowest BCUT2D eigenvalue weighted by Gasteiger charge is -1.96. The van der Waals surface area contributed by atoms with Crippen LogP contribution >= 0.6 is 15.9 Å². The molecule has 0 saturated carbocycles. The second-order valence-electron chi connectivity index (χ2n) is 2.19. The molecular weight excluding hydrogens is 206 g/mol. The SMILES string of the molecule is C/C(=N\O)c1ccc(Br)cc1. The van der Waals surface area contributed by atoms with Crippen LogP contribution in [0.3, 0.4) is 0 Å². The monoisotopic (exact) mass is 213 g/mol. The van der Waals surface area contributed by atoms with Gasteiger partial charge < -0.3 is 5.21 Å². The molecule has 0 aliphatic carbocycles. The molecule has 0 aliphatic heterocycles. The molecule has 0 amide bonds. The molecule has 0 saturated heterocycles. The summed E-state index contributed by atoms with van der Waals surface area (Å²) in [7, 11) is 0. The van der Waals surface area contributed by atoms with Gasteiger partial charge in [0.15, 0.2) is 0 Å². The minimum absolute atomic E-state index is 0.623. The molecule has 1 aromatic carbocycles. The van der Waals surface area contributed by atoms with Crippen molar-refractivity contribution in [1.29, 1.82) is 0 Å². The lowest BCUT2D eigenvalue weighted by molar-refractivity contribution is 0.319. The van der Waals surface area contributed by atoms with Crippen LogP contribution in [-0.2, 0) is 0 Å². The van der Waals surface area contributed by atoms with Crippen molar-refractivity contribution in [2.75, 3.05) is 0 Å². The molecule has 0 heterocycles. The highest BCUT2D eigenvalue weighted by molar-refractivity contribution is 9.10. The zero-order chi connectivity index (χ0) is 8.27. The van der Waals surface area contributed by atoms with Gasteiger partial charge in [-0.3, -0.25) is 0 Å². The van der Waals surface area contributed by atoms with Crippen LogP contribution in [0.1, 0.15) is 12.5 Å². The summed E-state index contributed by atoms with van der Waals surface area (Å²) in [6.07, 6.45) is 0. The van der Waals surface area contributed by atoms with Gasteiger partial charge in [0.1, 0.15) is 0 Å². The normalized spacial score (nSPS) is 11.6. The first-order valence-corrected chi connectivity index (χ1v) is 3.98. The van der Waals surface area contributed by atoms with Gasteiger partial charge in [0.25, 0.3) is 0 Å². The third-order valence-electron chi connectivity index (χ3n) is 1.41. The Kier molecular flexibility index (Phi) is 2.65. The minimum atomic E-state index is 0.623. The standard InChI is InChI=1S/C8H8BrNO/c1-6(10-11)7-2-4-8(9)5-3-7/h2-5,11H,1H3/b10-6+. The Bertz CT molecular complexity index is 266. The Morgan fingerprint density at radius 2 is 1.91 bits per heavy atom. The van der Waals surface area contributed by atoms with Gasteiger partial charge in [0.2, 0.25) is 0 Å². The van der Waals surface area contributed by atoms with Crippen LogP contribution in [0.25, 0.3) is 0 Å². The second-order valence-corrected chi connectivity index (χ2v) is 3.11. The maximum absolute atomic E-state index is 8.43. The van der Waals surface area contributed by atoms with Gasteiger partial charge in [-0.2, -0.15) is 0 Å². The molecule has 0 atom stereocenters. The number of halogens is 1. The van der Waals surface area contributed by atoms with Crippen molar-refractivity contribution in [3.63, 3.8) is 0 Å². The summed E-state index contributed by atoms with van der Waals surface area (Å²) >= 11 is 3.31. The summed E-state index contributed by atoms with van der Waals surface area (Å²) in [5.41, 5.74) is 1.55. The Labute approximate surface area is 73.7 Å². The van der Waals surface area contributed by atoms with Crippen LogP contribution in [-0.4, -0.2) is 10.9 Å². The summed E-state index contributed by atoms with van der Waals surface area (Å²) in [4.78, 5) is 0. The third-order valence-corrected chi connectivity index (χ3v) is 1.94. The topological polar surface area (TPSA) is 32.6 Å². The molecule has 0 unspecified atom stereocenters. The van der Waals surface area contributed by atoms with Crippen LogP contribution in [0.5, 0.6) is 0 Å². The van der Waals surface area contributed by atoms with Crippen LogP contribution in [0.15, 0.2) is 33.9 Å². The van der Waals surface area contributed by atoms with Crippen molar-refractivity contribution in [3.05, 3.63) is 34.3 Å². The van der Waals surface area contributed by atoms with Gasteiger partial charge in [-0.25, -0.2) is 0 Å². The van der Waals surface area contributed by atoms with E-state index >= 15 is 0 Å². The van der Waals surface area contributed by atoms with Crippen molar-refractivity contribution < 1.29 is 5.21 Å². The van der Waals surface area contributed by atoms with Gasteiger partial charge in [-0.05, 0) is 24.6 Å². The zero-order valence-corrected chi connectivity index (χ0v) is 7.67. The maximum atomic E-state index is 8.43. The molecule has 1 rings (SSSR count). The first-order valence-electron chi connectivity index (χ1n) is 3.18. The van der Waals surface area contributed by atoms with Gasteiger partial charge in [0, 0.05) is 4.47 Å². The summed E-state index contributed by atoms with van der Waals surface area (Å²) in [5.74, 6) is 0. The fourth-order valence-electron chi connectivity index (χ4n) is 0.749. The average molecular weight is 214 g/mol. The smallest absolute Gasteiger partial charge is 0.0836 e. The highest BCUT2D eigenvalue weighted by atomic mass is 79.9. The molecule has 0 aromatic heterocycles. The van der Waals surface area contributed by atoms with Crippen molar-refractivity contribution in [1.82, 2.24) is 0 Å². The fraction of sp³-hybridized carbons (Fsp3) is 0.125. The van der Waals surface area contributed by atoms with Crippen molar-refractivity contribution >= 4 is 21.6 Å². The molecule has 1 aromatic rings. The van der Waals surface area contributed by atoms with Gasteiger partial charge in [-0.15, -0.1) is 0 Å². The van der Waals surface area contributed by atoms with Crippen LogP contribution in [0.2, 0.25) is 0 Å². The summed E-state index contributed by atoms with van der Waals surface area (Å²) in [6, 6.07) is 7.59.